The summed E-state index contributed by atoms with van der Waals surface area (Å²) in [7, 11) is 0. The molecule has 0 aliphatic carbocycles. The third-order valence-corrected chi connectivity index (χ3v) is 5.20. The molecule has 1 aliphatic rings. The first kappa shape index (κ1) is 35.1. The molecule has 2 atom stereocenters. The van der Waals surface area contributed by atoms with Crippen LogP contribution in [0.1, 0.15) is 29.7 Å². The van der Waals surface area contributed by atoms with Gasteiger partial charge < -0.3 is 25.6 Å². The number of aromatic nitrogens is 1. The summed E-state index contributed by atoms with van der Waals surface area (Å²) in [6.45, 7) is 2.41. The minimum atomic E-state index is -5.08. The molecule has 0 radical (unpaired) electrons. The van der Waals surface area contributed by atoms with Crippen LogP contribution in [0, 0.1) is 29.6 Å². The van der Waals surface area contributed by atoms with Gasteiger partial charge in [0.05, 0.1) is 12.1 Å². The number of aliphatic carboxylic acids is 2. The Hall–Kier alpha value is -4.90. The van der Waals surface area contributed by atoms with E-state index in [1.807, 2.05) is 19.1 Å². The summed E-state index contributed by atoms with van der Waals surface area (Å²) in [4.78, 5) is 36.1. The van der Waals surface area contributed by atoms with Crippen LogP contribution in [0.25, 0.3) is 0 Å². The number of rotatable bonds is 5. The van der Waals surface area contributed by atoms with Gasteiger partial charge in [-0.2, -0.15) is 36.9 Å². The van der Waals surface area contributed by atoms with E-state index in [0.717, 1.165) is 17.7 Å². The fourth-order valence-corrected chi connectivity index (χ4v) is 3.22. The van der Waals surface area contributed by atoms with Gasteiger partial charge in [0.15, 0.2) is 0 Å². The molecular formula is C25H23F6N5O6. The van der Waals surface area contributed by atoms with Gasteiger partial charge in [0.25, 0.3) is 0 Å². The number of alkyl halides is 6. The Morgan fingerprint density at radius 1 is 1.05 bits per heavy atom. The molecule has 0 spiro atoms. The maximum Gasteiger partial charge on any atom is 0.490 e. The lowest BCUT2D eigenvalue weighted by Crippen LogP contribution is -2.46. The van der Waals surface area contributed by atoms with Crippen molar-refractivity contribution in [2.45, 2.75) is 50.6 Å². The van der Waals surface area contributed by atoms with Crippen molar-refractivity contribution < 1.29 is 55.7 Å². The highest BCUT2D eigenvalue weighted by atomic mass is 19.4. The lowest BCUT2D eigenvalue weighted by atomic mass is 10.0. The molecule has 0 unspecified atom stereocenters. The summed E-state index contributed by atoms with van der Waals surface area (Å²) >= 11 is 0. The number of carboxylic acids is 2. The van der Waals surface area contributed by atoms with Gasteiger partial charge in [-0.25, -0.2) is 14.6 Å². The van der Waals surface area contributed by atoms with E-state index >= 15 is 0 Å². The molecule has 1 aliphatic heterocycles. The Bertz CT molecular complexity index is 1310. The Labute approximate surface area is 234 Å². The van der Waals surface area contributed by atoms with E-state index in [1.165, 1.54) is 0 Å². The van der Waals surface area contributed by atoms with Gasteiger partial charge >= 0.3 is 24.3 Å². The number of amides is 1. The zero-order valence-electron chi connectivity index (χ0n) is 21.6. The molecule has 1 amide bonds. The second-order valence-electron chi connectivity index (χ2n) is 8.40. The van der Waals surface area contributed by atoms with E-state index in [-0.39, 0.29) is 17.8 Å². The van der Waals surface area contributed by atoms with E-state index in [0.29, 0.717) is 30.7 Å². The fourth-order valence-electron chi connectivity index (χ4n) is 3.22. The van der Waals surface area contributed by atoms with Gasteiger partial charge in [0.2, 0.25) is 11.8 Å². The SMILES string of the molecule is Cc1ccc(C#N)c(Oc2ccc(C[C@H](N)C(=O)N3CCC[C@H]3C#N)cc2)n1.O=C(O)C(F)(F)F.O=C(O)C(F)(F)F. The minimum Gasteiger partial charge on any atom is -0.475 e. The van der Waals surface area contributed by atoms with Crippen LogP contribution in [0.2, 0.25) is 0 Å². The third-order valence-electron chi connectivity index (χ3n) is 5.20. The van der Waals surface area contributed by atoms with Crippen molar-refractivity contribution in [3.05, 3.63) is 53.2 Å². The number of ether oxygens (including phenoxy) is 1. The van der Waals surface area contributed by atoms with Crippen molar-refractivity contribution in [1.29, 1.82) is 10.5 Å². The predicted molar refractivity (Wildman–Crippen MR) is 130 cm³/mol. The molecule has 1 aromatic carbocycles. The Kier molecular flexibility index (Phi) is 12.7. The molecule has 11 nitrogen and oxygen atoms in total. The molecule has 3 rings (SSSR count). The molecule has 1 fully saturated rings. The van der Waals surface area contributed by atoms with Crippen LogP contribution in [0.3, 0.4) is 0 Å². The first-order valence-electron chi connectivity index (χ1n) is 11.6. The summed E-state index contributed by atoms with van der Waals surface area (Å²) in [5, 5.41) is 32.6. The van der Waals surface area contributed by atoms with Crippen LogP contribution in [0.4, 0.5) is 26.3 Å². The molecule has 2 aromatic rings. The molecule has 42 heavy (non-hydrogen) atoms. The van der Waals surface area contributed by atoms with Crippen molar-refractivity contribution in [2.75, 3.05) is 6.54 Å². The number of likely N-dealkylation sites (tertiary alicyclic amines) is 1. The number of nitrogens with two attached hydrogens (primary N) is 1. The number of benzene rings is 1. The number of hydrogen-bond donors (Lipinski definition) is 3. The molecule has 1 saturated heterocycles. The number of carbonyl (C=O) groups is 3. The van der Waals surface area contributed by atoms with Gasteiger partial charge in [0, 0.05) is 12.2 Å². The zero-order valence-corrected chi connectivity index (χ0v) is 21.6. The maximum absolute atomic E-state index is 12.5. The van der Waals surface area contributed by atoms with E-state index in [2.05, 4.69) is 17.1 Å². The van der Waals surface area contributed by atoms with Crippen LogP contribution >= 0.6 is 0 Å². The molecular weight excluding hydrogens is 580 g/mol. The number of carbonyl (C=O) groups excluding carboxylic acids is 1. The Morgan fingerprint density at radius 3 is 2.02 bits per heavy atom. The van der Waals surface area contributed by atoms with Gasteiger partial charge in [-0.3, -0.25) is 4.79 Å². The first-order chi connectivity index (χ1) is 19.4. The second-order valence-corrected chi connectivity index (χ2v) is 8.40. The highest BCUT2D eigenvalue weighted by Gasteiger charge is 2.39. The van der Waals surface area contributed by atoms with Crippen molar-refractivity contribution in [3.8, 4) is 23.8 Å². The topological polar surface area (TPSA) is 191 Å². The number of pyridine rings is 1. The zero-order chi connectivity index (χ0) is 32.3. The average molecular weight is 603 g/mol. The lowest BCUT2D eigenvalue weighted by molar-refractivity contribution is -0.193. The maximum atomic E-state index is 12.5. The van der Waals surface area contributed by atoms with E-state index < -0.39 is 30.3 Å². The molecule has 1 aromatic heterocycles. The van der Waals surface area contributed by atoms with Crippen LogP contribution in [0.15, 0.2) is 36.4 Å². The third kappa shape index (κ3) is 11.3. The predicted octanol–water partition coefficient (Wildman–Crippen LogP) is 3.70. The molecule has 4 N–H and O–H groups in total. The van der Waals surface area contributed by atoms with E-state index in [1.54, 1.807) is 29.2 Å². The smallest absolute Gasteiger partial charge is 0.475 e. The minimum absolute atomic E-state index is 0.188. The summed E-state index contributed by atoms with van der Waals surface area (Å²) in [5.41, 5.74) is 8.09. The highest BCUT2D eigenvalue weighted by molar-refractivity contribution is 5.83. The monoisotopic (exact) mass is 603 g/mol. The van der Waals surface area contributed by atoms with Gasteiger partial charge in [-0.1, -0.05) is 12.1 Å². The highest BCUT2D eigenvalue weighted by Crippen LogP contribution is 2.24. The van der Waals surface area contributed by atoms with E-state index in [9.17, 15) is 31.1 Å². The molecule has 17 heteroatoms. The van der Waals surface area contributed by atoms with Crippen molar-refractivity contribution in [3.63, 3.8) is 0 Å². The van der Waals surface area contributed by atoms with Crippen LogP contribution < -0.4 is 10.5 Å². The molecule has 2 heterocycles. The van der Waals surface area contributed by atoms with Crippen molar-refractivity contribution in [2.24, 2.45) is 5.73 Å². The molecule has 0 bridgehead atoms. The second kappa shape index (κ2) is 15.2. The van der Waals surface area contributed by atoms with Crippen molar-refractivity contribution in [1.82, 2.24) is 9.88 Å². The van der Waals surface area contributed by atoms with Crippen molar-refractivity contribution >= 4 is 17.8 Å². The molecule has 0 saturated carbocycles. The Morgan fingerprint density at radius 2 is 1.57 bits per heavy atom. The van der Waals surface area contributed by atoms with Crippen LogP contribution in [0.5, 0.6) is 11.6 Å². The van der Waals surface area contributed by atoms with Gasteiger partial charge in [-0.15, -0.1) is 0 Å². The summed E-state index contributed by atoms with van der Waals surface area (Å²) in [6, 6.07) is 13.8. The normalized spacial score (nSPS) is 15.0. The lowest BCUT2D eigenvalue weighted by Gasteiger charge is -2.23. The largest absolute Gasteiger partial charge is 0.490 e. The summed E-state index contributed by atoms with van der Waals surface area (Å²) in [5.74, 6) is -4.90. The molecule has 226 valence electrons. The summed E-state index contributed by atoms with van der Waals surface area (Å²) in [6.07, 6.45) is -8.25. The Balaban J connectivity index is 0.000000522. The standard InChI is InChI=1S/C21H21N5O2.2C2HF3O2/c1-14-4-7-16(12-22)20(25-14)28-18-8-5-15(6-9-18)11-19(24)21(27)26-10-2-3-17(26)13-23;2*3-2(4,5)1(6)7/h4-9,17,19H,2-3,10-11,24H2,1H3;2*(H,6,7)/t17-,19-;;/m0../s1. The number of hydrogen-bond acceptors (Lipinski definition) is 8. The number of aryl methyl sites for hydroxylation is 1. The number of halogens is 6. The van der Waals surface area contributed by atoms with Gasteiger partial charge in [0.1, 0.15) is 23.4 Å². The number of carboxylic acid groups (broad SMARTS) is 2. The quantitative estimate of drug-likeness (QED) is 0.425. The first-order valence-corrected chi connectivity index (χ1v) is 11.6. The van der Waals surface area contributed by atoms with Crippen LogP contribution in [-0.2, 0) is 20.8 Å². The van der Waals surface area contributed by atoms with Gasteiger partial charge in [-0.05, 0) is 56.0 Å². The number of nitriles is 2. The summed E-state index contributed by atoms with van der Waals surface area (Å²) < 4.78 is 69.2. The average Bonchev–Trinajstić information content (AvgIpc) is 3.38. The van der Waals surface area contributed by atoms with Crippen LogP contribution in [-0.4, -0.2) is 68.9 Å². The van der Waals surface area contributed by atoms with E-state index in [4.69, 9.17) is 40.8 Å². The number of nitrogens with zero attached hydrogens (tertiary/aromatic N) is 4. The fraction of sp³-hybridized carbons (Fsp3) is 0.360.